The van der Waals surface area contributed by atoms with Gasteiger partial charge in [0, 0.05) is 39.3 Å². The molecule has 1 rings (SSSR count). The van der Waals surface area contributed by atoms with Gasteiger partial charge in [0.05, 0.1) is 5.75 Å². The predicted molar refractivity (Wildman–Crippen MR) is 91.5 cm³/mol. The number of alkyl halides is 3. The lowest BCUT2D eigenvalue weighted by Crippen LogP contribution is -2.52. The van der Waals surface area contributed by atoms with Crippen LogP contribution in [0.3, 0.4) is 0 Å². The number of hydrogen-bond acceptors (Lipinski definition) is 5. The maximum absolute atomic E-state index is 12.5. The van der Waals surface area contributed by atoms with Crippen LogP contribution < -0.4 is 15.4 Å². The minimum absolute atomic E-state index is 0.0284. The number of hydrogen-bond donors (Lipinski definition) is 3. The molecule has 0 amide bonds. The largest absolute Gasteiger partial charge is 0.511 e. The van der Waals surface area contributed by atoms with Gasteiger partial charge in [-0.05, 0) is 19.8 Å². The Morgan fingerprint density at radius 2 is 1.73 bits per heavy atom. The lowest BCUT2D eigenvalue weighted by molar-refractivity contribution is -0.0494. The van der Waals surface area contributed by atoms with Crippen LogP contribution in [0.1, 0.15) is 19.8 Å². The van der Waals surface area contributed by atoms with Gasteiger partial charge in [-0.3, -0.25) is 4.99 Å². The Balaban J connectivity index is 2.43. The number of nitrogens with zero attached hydrogens (tertiary/aromatic N) is 2. The van der Waals surface area contributed by atoms with Gasteiger partial charge in [0.2, 0.25) is 10.0 Å². The summed E-state index contributed by atoms with van der Waals surface area (Å²) in [4.78, 5) is 3.95. The summed E-state index contributed by atoms with van der Waals surface area (Å²) in [5.41, 5.74) is -5.29. The van der Waals surface area contributed by atoms with E-state index in [1.165, 1.54) is 14.0 Å². The second-order valence-corrected chi connectivity index (χ2v) is 9.59. The van der Waals surface area contributed by atoms with Crippen molar-refractivity contribution in [2.75, 3.05) is 39.0 Å². The zero-order valence-electron chi connectivity index (χ0n) is 14.5. The number of halogens is 3. The van der Waals surface area contributed by atoms with Crippen LogP contribution in [0.15, 0.2) is 4.99 Å². The average molecular weight is 423 g/mol. The summed E-state index contributed by atoms with van der Waals surface area (Å²) in [6.07, 6.45) is 0.386. The van der Waals surface area contributed by atoms with Crippen LogP contribution in [-0.2, 0) is 20.0 Å². The van der Waals surface area contributed by atoms with Crippen molar-refractivity contribution in [2.24, 2.45) is 4.99 Å². The summed E-state index contributed by atoms with van der Waals surface area (Å²) < 4.78 is 85.7. The smallest absolute Gasteiger partial charge is 0.355 e. The molecule has 0 aliphatic carbocycles. The molecule has 0 aromatic rings. The molecule has 26 heavy (non-hydrogen) atoms. The lowest BCUT2D eigenvalue weighted by Gasteiger charge is -2.32. The monoisotopic (exact) mass is 423 g/mol. The van der Waals surface area contributed by atoms with Crippen LogP contribution >= 0.6 is 0 Å². The maximum Gasteiger partial charge on any atom is 0.511 e. The molecule has 0 atom stereocenters. The molecule has 0 radical (unpaired) electrons. The van der Waals surface area contributed by atoms with Gasteiger partial charge >= 0.3 is 15.5 Å². The molecule has 1 saturated heterocycles. The second-order valence-electron chi connectivity index (χ2n) is 5.57. The summed E-state index contributed by atoms with van der Waals surface area (Å²) >= 11 is 0. The molecule has 14 heteroatoms. The first-order chi connectivity index (χ1) is 11.9. The van der Waals surface area contributed by atoms with E-state index in [2.05, 4.69) is 20.3 Å². The highest BCUT2D eigenvalue weighted by Gasteiger charge is 2.50. The molecule has 0 aromatic heterocycles. The Morgan fingerprint density at radius 3 is 2.19 bits per heavy atom. The molecule has 0 saturated carbocycles. The first-order valence-corrected chi connectivity index (χ1v) is 11.0. The first kappa shape index (κ1) is 22.9. The van der Waals surface area contributed by atoms with Gasteiger partial charge in [-0.2, -0.15) is 17.5 Å². The van der Waals surface area contributed by atoms with E-state index < -0.39 is 25.6 Å². The van der Waals surface area contributed by atoms with Gasteiger partial charge in [-0.25, -0.2) is 21.6 Å². The molecule has 1 heterocycles. The molecule has 1 aliphatic rings. The summed E-state index contributed by atoms with van der Waals surface area (Å²) in [5.74, 6) is 0.331. The molecule has 9 nitrogen and oxygen atoms in total. The van der Waals surface area contributed by atoms with Crippen molar-refractivity contribution in [3.63, 3.8) is 0 Å². The summed E-state index contributed by atoms with van der Waals surface area (Å²) in [6, 6.07) is -0.242. The highest BCUT2D eigenvalue weighted by molar-refractivity contribution is 7.90. The number of guanidine groups is 1. The number of nitrogens with one attached hydrogen (secondary N) is 3. The summed E-state index contributed by atoms with van der Waals surface area (Å²) in [7, 11) is -7.09. The van der Waals surface area contributed by atoms with Crippen molar-refractivity contribution >= 4 is 26.0 Å². The molecule has 1 aliphatic heterocycles. The lowest BCUT2D eigenvalue weighted by atomic mass is 10.1. The summed E-state index contributed by atoms with van der Waals surface area (Å²) in [5, 5.41) is 5.87. The topological polar surface area (TPSA) is 120 Å². The van der Waals surface area contributed by atoms with Crippen molar-refractivity contribution in [3.05, 3.63) is 0 Å². The van der Waals surface area contributed by atoms with E-state index in [0.29, 0.717) is 10.3 Å². The van der Waals surface area contributed by atoms with Crippen molar-refractivity contribution in [2.45, 2.75) is 31.3 Å². The third kappa shape index (κ3) is 6.55. The summed E-state index contributed by atoms with van der Waals surface area (Å²) in [6.45, 7) is 1.44. The van der Waals surface area contributed by atoms with Gasteiger partial charge in [0.1, 0.15) is 0 Å². The fraction of sp³-hybridized carbons (Fsp3) is 0.917. The quantitative estimate of drug-likeness (QED) is 0.286. The normalized spacial score (nSPS) is 18.7. The maximum atomic E-state index is 12.5. The third-order valence-corrected chi connectivity index (χ3v) is 6.80. The highest BCUT2D eigenvalue weighted by Crippen LogP contribution is 2.28. The van der Waals surface area contributed by atoms with Gasteiger partial charge in [0.25, 0.3) is 0 Å². The first-order valence-electron chi connectivity index (χ1n) is 7.94. The molecule has 0 aromatic carbocycles. The molecule has 0 unspecified atom stereocenters. The van der Waals surface area contributed by atoms with Crippen LogP contribution in [0.4, 0.5) is 13.2 Å². The van der Waals surface area contributed by atoms with E-state index in [-0.39, 0.29) is 50.8 Å². The number of sulfonamides is 2. The zero-order chi connectivity index (χ0) is 20.0. The SMILES string of the molecule is CCS(=O)(=O)NCCNC(=NC)NC1CCN(S(=O)(=O)C(F)(F)F)CC1. The minimum atomic E-state index is -5.30. The Morgan fingerprint density at radius 1 is 1.15 bits per heavy atom. The molecule has 154 valence electrons. The van der Waals surface area contributed by atoms with Crippen molar-refractivity contribution in [1.29, 1.82) is 0 Å². The second kappa shape index (κ2) is 9.19. The van der Waals surface area contributed by atoms with Crippen LogP contribution in [0, 0.1) is 0 Å². The Hall–Kier alpha value is -1.12. The Bertz CT molecular complexity index is 686. The Kier molecular flexibility index (Phi) is 8.10. The molecule has 3 N–H and O–H groups in total. The van der Waals surface area contributed by atoms with Crippen molar-refractivity contribution in [3.8, 4) is 0 Å². The van der Waals surface area contributed by atoms with Crippen molar-refractivity contribution < 1.29 is 30.0 Å². The van der Waals surface area contributed by atoms with Crippen LogP contribution in [-0.4, -0.2) is 77.6 Å². The van der Waals surface area contributed by atoms with Crippen LogP contribution in [0.2, 0.25) is 0 Å². The van der Waals surface area contributed by atoms with Gasteiger partial charge in [-0.15, -0.1) is 0 Å². The fourth-order valence-corrected chi connectivity index (χ4v) is 3.87. The predicted octanol–water partition coefficient (Wildman–Crippen LogP) is -0.595. The van der Waals surface area contributed by atoms with E-state index in [1.807, 2.05) is 0 Å². The molecular weight excluding hydrogens is 399 g/mol. The van der Waals surface area contributed by atoms with E-state index in [4.69, 9.17) is 0 Å². The van der Waals surface area contributed by atoms with Gasteiger partial charge in [0.15, 0.2) is 5.96 Å². The molecule has 0 spiro atoms. The number of piperidine rings is 1. The minimum Gasteiger partial charge on any atom is -0.355 e. The molecule has 0 bridgehead atoms. The standard InChI is InChI=1S/C12H24F3N5O4S2/c1-3-25(21,22)18-7-6-17-11(16-2)19-10-4-8-20(9-5-10)26(23,24)12(13,14)15/h10,18H,3-9H2,1-2H3,(H2,16,17,19). The zero-order valence-corrected chi connectivity index (χ0v) is 16.1. The number of rotatable bonds is 7. The van der Waals surface area contributed by atoms with Crippen LogP contribution in [0.25, 0.3) is 0 Å². The van der Waals surface area contributed by atoms with E-state index >= 15 is 0 Å². The number of aliphatic imine (C=N–C) groups is 1. The highest BCUT2D eigenvalue weighted by atomic mass is 32.2. The van der Waals surface area contributed by atoms with E-state index in [9.17, 15) is 30.0 Å². The van der Waals surface area contributed by atoms with E-state index in [0.717, 1.165) is 0 Å². The van der Waals surface area contributed by atoms with Gasteiger partial charge < -0.3 is 10.6 Å². The van der Waals surface area contributed by atoms with E-state index in [1.54, 1.807) is 0 Å². The van der Waals surface area contributed by atoms with Gasteiger partial charge in [-0.1, -0.05) is 0 Å². The fourth-order valence-electron chi connectivity index (χ4n) is 2.26. The third-order valence-electron chi connectivity index (χ3n) is 3.77. The molecule has 1 fully saturated rings. The van der Waals surface area contributed by atoms with Crippen LogP contribution in [0.5, 0.6) is 0 Å². The average Bonchev–Trinajstić information content (AvgIpc) is 2.57. The van der Waals surface area contributed by atoms with Crippen molar-refractivity contribution in [1.82, 2.24) is 19.7 Å². The Labute approximate surface area is 151 Å². The molecular formula is C12H24F3N5O4S2.